The van der Waals surface area contributed by atoms with Gasteiger partial charge in [-0.2, -0.15) is 0 Å². The number of carbonyl (C=O) groups excluding carboxylic acids is 1. The Labute approximate surface area is 190 Å². The Hall–Kier alpha value is -3.02. The maximum Gasteiger partial charge on any atom is 0.320 e. The minimum atomic E-state index is -0.215. The van der Waals surface area contributed by atoms with Gasteiger partial charge < -0.3 is 19.8 Å². The Morgan fingerprint density at radius 2 is 1.50 bits per heavy atom. The summed E-state index contributed by atoms with van der Waals surface area (Å²) in [5.41, 5.74) is 2.42. The van der Waals surface area contributed by atoms with Crippen molar-refractivity contribution < 1.29 is 14.3 Å². The summed E-state index contributed by atoms with van der Waals surface area (Å²) in [6, 6.07) is 17.4. The fraction of sp³-hybridized carbons (Fsp3) is 0.423. The summed E-state index contributed by atoms with van der Waals surface area (Å²) >= 11 is 0. The van der Waals surface area contributed by atoms with Crippen molar-refractivity contribution in [2.45, 2.75) is 26.2 Å². The lowest BCUT2D eigenvalue weighted by Gasteiger charge is -2.40. The molecule has 1 N–H and O–H groups in total. The van der Waals surface area contributed by atoms with Crippen LogP contribution >= 0.6 is 0 Å². The van der Waals surface area contributed by atoms with Crippen LogP contribution in [-0.2, 0) is 6.42 Å². The monoisotopic (exact) mass is 439 g/mol. The number of amides is 2. The standard InChI is InChI=1S/C23H28FN3O.C3H6O/c24-21-6-8-22(9-7-21)25-14-16-27(17-15-25)23(28)26-12-10-20(11-13-26)18-19-4-2-1-3-5-19;1-2-3-4/h1-9,20H,10-18H2;2-4H,1H3/b;3-2+. The van der Waals surface area contributed by atoms with Gasteiger partial charge in [0, 0.05) is 45.0 Å². The normalized spacial score (nSPS) is 17.2. The molecule has 0 spiro atoms. The first kappa shape index (κ1) is 23.6. The molecule has 0 bridgehead atoms. The van der Waals surface area contributed by atoms with Crippen LogP contribution in [-0.4, -0.2) is 60.2 Å². The van der Waals surface area contributed by atoms with E-state index < -0.39 is 0 Å². The van der Waals surface area contributed by atoms with E-state index in [0.717, 1.165) is 70.5 Å². The van der Waals surface area contributed by atoms with E-state index >= 15 is 0 Å². The number of likely N-dealkylation sites (tertiary alicyclic amines) is 1. The van der Waals surface area contributed by atoms with E-state index in [9.17, 15) is 9.18 Å². The van der Waals surface area contributed by atoms with Crippen LogP contribution in [0, 0.1) is 11.7 Å². The van der Waals surface area contributed by atoms with Crippen LogP contribution in [0.3, 0.4) is 0 Å². The molecule has 4 rings (SSSR count). The highest BCUT2D eigenvalue weighted by molar-refractivity contribution is 5.75. The van der Waals surface area contributed by atoms with Crippen molar-refractivity contribution in [2.24, 2.45) is 5.92 Å². The number of rotatable bonds is 3. The molecule has 0 aromatic heterocycles. The third-order valence-corrected chi connectivity index (χ3v) is 6.14. The van der Waals surface area contributed by atoms with E-state index in [2.05, 4.69) is 35.2 Å². The first-order chi connectivity index (χ1) is 15.6. The molecule has 2 aromatic rings. The highest BCUT2D eigenvalue weighted by Crippen LogP contribution is 2.23. The number of piperidine rings is 1. The maximum atomic E-state index is 13.1. The van der Waals surface area contributed by atoms with E-state index in [1.54, 1.807) is 13.0 Å². The number of hydrogen-bond acceptors (Lipinski definition) is 3. The maximum absolute atomic E-state index is 13.1. The van der Waals surface area contributed by atoms with Crippen molar-refractivity contribution in [3.63, 3.8) is 0 Å². The lowest BCUT2D eigenvalue weighted by molar-refractivity contribution is 0.130. The topological polar surface area (TPSA) is 47.0 Å². The van der Waals surface area contributed by atoms with Gasteiger partial charge in [0.2, 0.25) is 0 Å². The number of piperazine rings is 1. The number of anilines is 1. The van der Waals surface area contributed by atoms with E-state index in [-0.39, 0.29) is 11.8 Å². The van der Waals surface area contributed by atoms with E-state index in [1.165, 1.54) is 17.7 Å². The highest BCUT2D eigenvalue weighted by Gasteiger charge is 2.28. The van der Waals surface area contributed by atoms with Crippen LogP contribution in [0.25, 0.3) is 0 Å². The second-order valence-electron chi connectivity index (χ2n) is 8.34. The van der Waals surface area contributed by atoms with Gasteiger partial charge >= 0.3 is 6.03 Å². The number of carbonyl (C=O) groups is 1. The molecule has 2 aliphatic rings. The number of nitrogens with zero attached hydrogens (tertiary/aromatic N) is 3. The summed E-state index contributed by atoms with van der Waals surface area (Å²) in [5.74, 6) is 0.454. The quantitative estimate of drug-likeness (QED) is 0.677. The predicted octanol–water partition coefficient (Wildman–Crippen LogP) is 5.10. The van der Waals surface area contributed by atoms with Crippen LogP contribution in [0.15, 0.2) is 66.9 Å². The molecule has 2 amide bonds. The van der Waals surface area contributed by atoms with E-state index in [0.29, 0.717) is 5.92 Å². The molecule has 0 atom stereocenters. The Balaban J connectivity index is 0.000000668. The van der Waals surface area contributed by atoms with Gasteiger partial charge in [0.1, 0.15) is 5.82 Å². The Morgan fingerprint density at radius 3 is 2.06 bits per heavy atom. The molecular formula is C26H34FN3O2. The average Bonchev–Trinajstić information content (AvgIpc) is 2.85. The minimum Gasteiger partial charge on any atom is -0.516 e. The fourth-order valence-corrected chi connectivity index (χ4v) is 4.28. The summed E-state index contributed by atoms with van der Waals surface area (Å²) in [7, 11) is 0. The summed E-state index contributed by atoms with van der Waals surface area (Å²) in [6.07, 6.45) is 5.82. The van der Waals surface area contributed by atoms with E-state index in [4.69, 9.17) is 5.11 Å². The largest absolute Gasteiger partial charge is 0.516 e. The van der Waals surface area contributed by atoms with Crippen LogP contribution < -0.4 is 4.90 Å². The molecule has 2 aliphatic heterocycles. The molecule has 32 heavy (non-hydrogen) atoms. The SMILES string of the molecule is C/C=C/O.O=C(N1CCC(Cc2ccccc2)CC1)N1CCN(c2ccc(F)cc2)CC1. The predicted molar refractivity (Wildman–Crippen MR) is 127 cm³/mol. The molecule has 0 radical (unpaired) electrons. The highest BCUT2D eigenvalue weighted by atomic mass is 19.1. The zero-order valence-electron chi connectivity index (χ0n) is 18.9. The fourth-order valence-electron chi connectivity index (χ4n) is 4.28. The third kappa shape index (κ3) is 6.74. The van der Waals surface area contributed by atoms with Crippen molar-refractivity contribution >= 4 is 11.7 Å². The molecule has 6 heteroatoms. The van der Waals surface area contributed by atoms with Crippen molar-refractivity contribution in [3.05, 3.63) is 78.3 Å². The Kier molecular flexibility index (Phi) is 8.96. The molecule has 2 fully saturated rings. The molecule has 172 valence electrons. The molecule has 2 heterocycles. The first-order valence-electron chi connectivity index (χ1n) is 11.4. The van der Waals surface area contributed by atoms with Crippen molar-refractivity contribution in [3.8, 4) is 0 Å². The van der Waals surface area contributed by atoms with Crippen LogP contribution in [0.1, 0.15) is 25.3 Å². The lowest BCUT2D eigenvalue weighted by Crippen LogP contribution is -2.54. The molecule has 5 nitrogen and oxygen atoms in total. The van der Waals surface area contributed by atoms with Gasteiger partial charge in [-0.25, -0.2) is 9.18 Å². The van der Waals surface area contributed by atoms with Gasteiger partial charge in [-0.05, 0) is 61.9 Å². The van der Waals surface area contributed by atoms with Crippen molar-refractivity contribution in [1.82, 2.24) is 9.80 Å². The van der Waals surface area contributed by atoms with Crippen molar-refractivity contribution in [1.29, 1.82) is 0 Å². The summed E-state index contributed by atoms with van der Waals surface area (Å²) in [4.78, 5) is 19.1. The molecule has 2 saturated heterocycles. The number of aliphatic hydroxyl groups is 1. The number of halogens is 1. The molecular weight excluding hydrogens is 405 g/mol. The number of aliphatic hydroxyl groups excluding tert-OH is 1. The van der Waals surface area contributed by atoms with Gasteiger partial charge in [-0.15, -0.1) is 0 Å². The minimum absolute atomic E-state index is 0.178. The van der Waals surface area contributed by atoms with E-state index in [1.807, 2.05) is 21.9 Å². The molecule has 0 saturated carbocycles. The number of hydrogen-bond donors (Lipinski definition) is 1. The Bertz CT molecular complexity index is 837. The first-order valence-corrected chi connectivity index (χ1v) is 11.4. The second kappa shape index (κ2) is 12.1. The zero-order chi connectivity index (χ0) is 22.8. The number of benzene rings is 2. The summed E-state index contributed by atoms with van der Waals surface area (Å²) in [5, 5.41) is 7.69. The van der Waals surface area contributed by atoms with Crippen LogP contribution in [0.5, 0.6) is 0 Å². The molecule has 0 aliphatic carbocycles. The van der Waals surface area contributed by atoms with Gasteiger partial charge in [-0.3, -0.25) is 0 Å². The smallest absolute Gasteiger partial charge is 0.320 e. The third-order valence-electron chi connectivity index (χ3n) is 6.14. The molecule has 0 unspecified atom stereocenters. The van der Waals surface area contributed by atoms with Crippen molar-refractivity contribution in [2.75, 3.05) is 44.2 Å². The average molecular weight is 440 g/mol. The summed E-state index contributed by atoms with van der Waals surface area (Å²) < 4.78 is 13.1. The second-order valence-corrected chi connectivity index (χ2v) is 8.34. The number of allylic oxidation sites excluding steroid dienone is 1. The van der Waals surface area contributed by atoms with Crippen LogP contribution in [0.2, 0.25) is 0 Å². The van der Waals surface area contributed by atoms with Gasteiger partial charge in [0.05, 0.1) is 6.26 Å². The lowest BCUT2D eigenvalue weighted by atomic mass is 9.90. The van der Waals surface area contributed by atoms with Crippen LogP contribution in [0.4, 0.5) is 14.9 Å². The van der Waals surface area contributed by atoms with Gasteiger partial charge in [0.15, 0.2) is 0 Å². The summed E-state index contributed by atoms with van der Waals surface area (Å²) in [6.45, 7) is 6.49. The zero-order valence-corrected chi connectivity index (χ0v) is 18.9. The Morgan fingerprint density at radius 1 is 0.938 bits per heavy atom. The number of urea groups is 1. The van der Waals surface area contributed by atoms with Gasteiger partial charge in [-0.1, -0.05) is 36.4 Å². The van der Waals surface area contributed by atoms with Gasteiger partial charge in [0.25, 0.3) is 0 Å². The molecule has 2 aromatic carbocycles.